The molecule has 2 heterocycles. The van der Waals surface area contributed by atoms with Gasteiger partial charge in [0.05, 0.1) is 6.04 Å². The Kier molecular flexibility index (Phi) is 8.82. The van der Waals surface area contributed by atoms with E-state index in [0.29, 0.717) is 0 Å². The lowest BCUT2D eigenvalue weighted by Gasteiger charge is -2.33. The predicted molar refractivity (Wildman–Crippen MR) is 83.8 cm³/mol. The molecule has 0 amide bonds. The maximum Gasteiger partial charge on any atom is 0.106 e. The Morgan fingerprint density at radius 3 is 2.50 bits per heavy atom. The molecule has 2 rings (SSSR count). The Labute approximate surface area is 129 Å². The summed E-state index contributed by atoms with van der Waals surface area (Å²) in [5, 5.41) is 3.36. The standard InChI is InChI=1S/C12H16BrN3.2ClH/c1-2-11(16-7-5-14-6-8-16)10-3-4-12(13)15-9-10;;/h2-4,9,11,14H,1,5-8H2;2*1H/t11-;;/m0../s1. The first-order chi connectivity index (χ1) is 7.81. The summed E-state index contributed by atoms with van der Waals surface area (Å²) in [6.45, 7) is 8.16. The van der Waals surface area contributed by atoms with Crippen LogP contribution in [-0.4, -0.2) is 36.1 Å². The lowest BCUT2D eigenvalue weighted by Crippen LogP contribution is -2.44. The monoisotopic (exact) mass is 353 g/mol. The van der Waals surface area contributed by atoms with Gasteiger partial charge in [-0.25, -0.2) is 4.98 Å². The number of piperazine rings is 1. The first kappa shape index (κ1) is 17.9. The van der Waals surface area contributed by atoms with Crippen LogP contribution >= 0.6 is 40.7 Å². The van der Waals surface area contributed by atoms with Crippen LogP contribution in [0.15, 0.2) is 35.6 Å². The number of nitrogens with one attached hydrogen (secondary N) is 1. The van der Waals surface area contributed by atoms with Crippen molar-refractivity contribution in [2.75, 3.05) is 26.2 Å². The van der Waals surface area contributed by atoms with Crippen LogP contribution in [-0.2, 0) is 0 Å². The van der Waals surface area contributed by atoms with Crippen LogP contribution in [0.4, 0.5) is 0 Å². The van der Waals surface area contributed by atoms with E-state index >= 15 is 0 Å². The van der Waals surface area contributed by atoms with E-state index in [1.165, 1.54) is 5.56 Å². The average molecular weight is 355 g/mol. The topological polar surface area (TPSA) is 28.2 Å². The largest absolute Gasteiger partial charge is 0.314 e. The van der Waals surface area contributed by atoms with E-state index in [2.05, 4.69) is 43.8 Å². The molecule has 0 radical (unpaired) electrons. The van der Waals surface area contributed by atoms with Gasteiger partial charge in [0.15, 0.2) is 0 Å². The molecule has 1 aliphatic rings. The van der Waals surface area contributed by atoms with E-state index < -0.39 is 0 Å². The number of rotatable bonds is 3. The van der Waals surface area contributed by atoms with Crippen LogP contribution in [0.5, 0.6) is 0 Å². The molecule has 0 aromatic carbocycles. The highest BCUT2D eigenvalue weighted by molar-refractivity contribution is 9.10. The van der Waals surface area contributed by atoms with Crippen molar-refractivity contribution >= 4 is 40.7 Å². The van der Waals surface area contributed by atoms with E-state index in [1.54, 1.807) is 0 Å². The summed E-state index contributed by atoms with van der Waals surface area (Å²) in [5.74, 6) is 0. The van der Waals surface area contributed by atoms with Crippen LogP contribution in [0.2, 0.25) is 0 Å². The SMILES string of the molecule is C=C[C@@H](c1ccc(Br)nc1)N1CCNCC1.Cl.Cl. The van der Waals surface area contributed by atoms with E-state index in [9.17, 15) is 0 Å². The molecule has 0 bridgehead atoms. The van der Waals surface area contributed by atoms with Gasteiger partial charge in [-0.2, -0.15) is 0 Å². The van der Waals surface area contributed by atoms with Crippen molar-refractivity contribution in [2.45, 2.75) is 6.04 Å². The highest BCUT2D eigenvalue weighted by Crippen LogP contribution is 2.22. The van der Waals surface area contributed by atoms with Gasteiger partial charge in [0.2, 0.25) is 0 Å². The Morgan fingerprint density at radius 2 is 2.00 bits per heavy atom. The van der Waals surface area contributed by atoms with E-state index in [-0.39, 0.29) is 30.9 Å². The van der Waals surface area contributed by atoms with Gasteiger partial charge in [-0.05, 0) is 27.6 Å². The lowest BCUT2D eigenvalue weighted by atomic mass is 10.1. The fraction of sp³-hybridized carbons (Fsp3) is 0.417. The summed E-state index contributed by atoms with van der Waals surface area (Å²) < 4.78 is 0.874. The summed E-state index contributed by atoms with van der Waals surface area (Å²) >= 11 is 3.35. The average Bonchev–Trinajstić information content (AvgIpc) is 2.34. The summed E-state index contributed by atoms with van der Waals surface area (Å²) in [7, 11) is 0. The molecule has 1 fully saturated rings. The quantitative estimate of drug-likeness (QED) is 0.668. The molecule has 1 aliphatic heterocycles. The van der Waals surface area contributed by atoms with E-state index in [4.69, 9.17) is 0 Å². The van der Waals surface area contributed by atoms with Crippen molar-refractivity contribution in [1.29, 1.82) is 0 Å². The number of nitrogens with zero attached hydrogens (tertiary/aromatic N) is 2. The third kappa shape index (κ3) is 4.52. The van der Waals surface area contributed by atoms with E-state index in [1.807, 2.05) is 18.3 Å². The molecule has 1 atom stereocenters. The van der Waals surface area contributed by atoms with Crippen LogP contribution in [0, 0.1) is 0 Å². The van der Waals surface area contributed by atoms with Gasteiger partial charge in [-0.1, -0.05) is 12.1 Å². The highest BCUT2D eigenvalue weighted by Gasteiger charge is 2.19. The zero-order chi connectivity index (χ0) is 11.4. The smallest absolute Gasteiger partial charge is 0.106 e. The maximum atomic E-state index is 4.27. The molecule has 0 aliphatic carbocycles. The Hall–Kier alpha value is -0.130. The third-order valence-corrected chi connectivity index (χ3v) is 3.33. The van der Waals surface area contributed by atoms with Crippen molar-refractivity contribution in [3.05, 3.63) is 41.2 Å². The summed E-state index contributed by atoms with van der Waals surface area (Å²) in [6, 6.07) is 4.36. The number of hydrogen-bond donors (Lipinski definition) is 1. The van der Waals surface area contributed by atoms with Gasteiger partial charge in [-0.3, -0.25) is 4.90 Å². The molecule has 0 saturated carbocycles. The highest BCUT2D eigenvalue weighted by atomic mass is 79.9. The van der Waals surface area contributed by atoms with Gasteiger partial charge in [0.25, 0.3) is 0 Å². The fourth-order valence-electron chi connectivity index (χ4n) is 2.02. The number of pyridine rings is 1. The Bertz CT molecular complexity index is 353. The second-order valence-electron chi connectivity index (χ2n) is 3.88. The maximum absolute atomic E-state index is 4.27. The van der Waals surface area contributed by atoms with Gasteiger partial charge in [0, 0.05) is 32.4 Å². The van der Waals surface area contributed by atoms with Crippen molar-refractivity contribution < 1.29 is 0 Å². The number of halogens is 3. The molecular formula is C12H18BrCl2N3. The number of hydrogen-bond acceptors (Lipinski definition) is 3. The Balaban J connectivity index is 0.00000144. The van der Waals surface area contributed by atoms with Gasteiger partial charge in [-0.15, -0.1) is 31.4 Å². The molecule has 6 heteroatoms. The van der Waals surface area contributed by atoms with E-state index in [0.717, 1.165) is 30.8 Å². The predicted octanol–water partition coefficient (Wildman–Crippen LogP) is 2.82. The first-order valence-electron chi connectivity index (χ1n) is 5.50. The second kappa shape index (κ2) is 8.88. The minimum absolute atomic E-state index is 0. The zero-order valence-corrected chi connectivity index (χ0v) is 13.2. The molecule has 1 aromatic rings. The zero-order valence-electron chi connectivity index (χ0n) is 10.0. The fourth-order valence-corrected chi connectivity index (χ4v) is 2.25. The minimum Gasteiger partial charge on any atom is -0.314 e. The summed E-state index contributed by atoms with van der Waals surface area (Å²) in [5.41, 5.74) is 1.21. The van der Waals surface area contributed by atoms with Crippen molar-refractivity contribution in [2.24, 2.45) is 0 Å². The van der Waals surface area contributed by atoms with Crippen molar-refractivity contribution in [3.63, 3.8) is 0 Å². The molecule has 0 unspecified atom stereocenters. The van der Waals surface area contributed by atoms with Crippen LogP contribution in [0.3, 0.4) is 0 Å². The molecule has 1 N–H and O–H groups in total. The molecule has 1 aromatic heterocycles. The summed E-state index contributed by atoms with van der Waals surface area (Å²) in [6.07, 6.45) is 3.91. The van der Waals surface area contributed by atoms with Crippen molar-refractivity contribution in [3.8, 4) is 0 Å². The number of aromatic nitrogens is 1. The minimum atomic E-state index is 0. The van der Waals surface area contributed by atoms with Gasteiger partial charge >= 0.3 is 0 Å². The molecule has 18 heavy (non-hydrogen) atoms. The molecular weight excluding hydrogens is 337 g/mol. The normalized spacial score (nSPS) is 17.2. The lowest BCUT2D eigenvalue weighted by molar-refractivity contribution is 0.203. The molecule has 1 saturated heterocycles. The molecule has 102 valence electrons. The summed E-state index contributed by atoms with van der Waals surface area (Å²) in [4.78, 5) is 6.69. The first-order valence-corrected chi connectivity index (χ1v) is 6.29. The third-order valence-electron chi connectivity index (χ3n) is 2.86. The van der Waals surface area contributed by atoms with Crippen LogP contribution in [0.1, 0.15) is 11.6 Å². The Morgan fingerprint density at radius 1 is 1.33 bits per heavy atom. The van der Waals surface area contributed by atoms with Gasteiger partial charge in [0.1, 0.15) is 4.60 Å². The molecule has 0 spiro atoms. The van der Waals surface area contributed by atoms with Crippen LogP contribution < -0.4 is 5.32 Å². The van der Waals surface area contributed by atoms with Crippen LogP contribution in [0.25, 0.3) is 0 Å². The van der Waals surface area contributed by atoms with Gasteiger partial charge < -0.3 is 5.32 Å². The second-order valence-corrected chi connectivity index (χ2v) is 4.69. The van der Waals surface area contributed by atoms with Crippen molar-refractivity contribution in [1.82, 2.24) is 15.2 Å². The molecule has 3 nitrogen and oxygen atoms in total.